The van der Waals surface area contributed by atoms with Crippen LogP contribution in [0.4, 0.5) is 0 Å². The number of carboxylic acids is 1. The van der Waals surface area contributed by atoms with E-state index in [9.17, 15) is 9.90 Å². The van der Waals surface area contributed by atoms with Gasteiger partial charge in [0.25, 0.3) is 0 Å². The fraction of sp³-hybridized carbons (Fsp3) is 0.600. The second-order valence-corrected chi connectivity index (χ2v) is 5.36. The summed E-state index contributed by atoms with van der Waals surface area (Å²) in [5.74, 6) is 0.349. The Balaban J connectivity index is 2.25. The first-order valence-electron chi connectivity index (χ1n) is 6.92. The van der Waals surface area contributed by atoms with Crippen molar-refractivity contribution in [2.75, 3.05) is 6.61 Å². The summed E-state index contributed by atoms with van der Waals surface area (Å²) in [5.41, 5.74) is 0.991. The first-order chi connectivity index (χ1) is 9.11. The zero-order valence-corrected chi connectivity index (χ0v) is 11.5. The average Bonchev–Trinajstić information content (AvgIpc) is 2.39. The van der Waals surface area contributed by atoms with Crippen molar-refractivity contribution in [2.45, 2.75) is 39.0 Å². The van der Waals surface area contributed by atoms with Crippen LogP contribution in [0.3, 0.4) is 0 Å². The van der Waals surface area contributed by atoms with Crippen LogP contribution in [0.1, 0.15) is 44.6 Å². The van der Waals surface area contributed by atoms with Gasteiger partial charge in [-0.2, -0.15) is 0 Å². The van der Waals surface area contributed by atoms with Gasteiger partial charge in [-0.25, -0.2) is 0 Å². The second kappa shape index (κ2) is 6.04. The van der Waals surface area contributed by atoms with Gasteiger partial charge in [0.05, 0.1) is 18.7 Å². The molecule has 1 aromatic heterocycles. The van der Waals surface area contributed by atoms with E-state index in [1.807, 2.05) is 13.0 Å². The second-order valence-electron chi connectivity index (χ2n) is 5.36. The molecule has 0 saturated heterocycles. The van der Waals surface area contributed by atoms with Crippen molar-refractivity contribution in [1.29, 1.82) is 0 Å². The van der Waals surface area contributed by atoms with Crippen molar-refractivity contribution in [3.63, 3.8) is 0 Å². The monoisotopic (exact) mass is 263 g/mol. The smallest absolute Gasteiger partial charge is 0.307 e. The molecular formula is C15H21NO3. The van der Waals surface area contributed by atoms with Crippen LogP contribution < -0.4 is 4.74 Å². The molecule has 1 aliphatic carbocycles. The van der Waals surface area contributed by atoms with Crippen LogP contribution in [0.25, 0.3) is 0 Å². The lowest BCUT2D eigenvalue weighted by Gasteiger charge is -2.32. The molecule has 0 aromatic carbocycles. The fourth-order valence-corrected chi connectivity index (χ4v) is 2.93. The SMILES string of the molecule is CCOc1cncc(C2CC(C)CCC2C(=O)O)c1. The number of hydrogen-bond acceptors (Lipinski definition) is 3. The minimum absolute atomic E-state index is 0.0501. The van der Waals surface area contributed by atoms with Crippen molar-refractivity contribution >= 4 is 5.97 Å². The summed E-state index contributed by atoms with van der Waals surface area (Å²) in [7, 11) is 0. The van der Waals surface area contributed by atoms with E-state index in [1.54, 1.807) is 12.4 Å². The van der Waals surface area contributed by atoms with Crippen LogP contribution in [0.2, 0.25) is 0 Å². The maximum Gasteiger partial charge on any atom is 0.307 e. The molecule has 0 spiro atoms. The number of carbonyl (C=O) groups is 1. The molecule has 1 aromatic rings. The first kappa shape index (κ1) is 13.8. The Labute approximate surface area is 113 Å². The maximum absolute atomic E-state index is 11.4. The molecule has 104 valence electrons. The lowest BCUT2D eigenvalue weighted by molar-refractivity contribution is -0.143. The van der Waals surface area contributed by atoms with Crippen LogP contribution in [0.5, 0.6) is 5.75 Å². The third-order valence-corrected chi connectivity index (χ3v) is 3.90. The first-order valence-corrected chi connectivity index (χ1v) is 6.92. The Morgan fingerprint density at radius 2 is 2.26 bits per heavy atom. The highest BCUT2D eigenvalue weighted by molar-refractivity contribution is 5.71. The molecule has 1 N–H and O–H groups in total. The lowest BCUT2D eigenvalue weighted by atomic mass is 9.72. The van der Waals surface area contributed by atoms with Gasteiger partial charge in [-0.15, -0.1) is 0 Å². The summed E-state index contributed by atoms with van der Waals surface area (Å²) in [6.07, 6.45) is 6.11. The maximum atomic E-state index is 11.4. The Kier molecular flexibility index (Phi) is 4.40. The average molecular weight is 263 g/mol. The Hall–Kier alpha value is -1.58. The Bertz CT molecular complexity index is 447. The highest BCUT2D eigenvalue weighted by Gasteiger charge is 2.34. The molecule has 4 heteroatoms. The fourth-order valence-electron chi connectivity index (χ4n) is 2.93. The van der Waals surface area contributed by atoms with Crippen molar-refractivity contribution < 1.29 is 14.6 Å². The van der Waals surface area contributed by atoms with Gasteiger partial charge in [0.2, 0.25) is 0 Å². The number of hydrogen-bond donors (Lipinski definition) is 1. The van der Waals surface area contributed by atoms with Gasteiger partial charge in [0, 0.05) is 6.20 Å². The minimum Gasteiger partial charge on any atom is -0.492 e. The van der Waals surface area contributed by atoms with E-state index >= 15 is 0 Å². The van der Waals surface area contributed by atoms with Crippen molar-refractivity contribution in [3.05, 3.63) is 24.0 Å². The molecule has 3 atom stereocenters. The number of aromatic nitrogens is 1. The largest absolute Gasteiger partial charge is 0.492 e. The predicted molar refractivity (Wildman–Crippen MR) is 72.3 cm³/mol. The highest BCUT2D eigenvalue weighted by Crippen LogP contribution is 2.41. The van der Waals surface area contributed by atoms with Gasteiger partial charge >= 0.3 is 5.97 Å². The van der Waals surface area contributed by atoms with Crippen LogP contribution in [0, 0.1) is 11.8 Å². The molecule has 4 nitrogen and oxygen atoms in total. The summed E-state index contributed by atoms with van der Waals surface area (Å²) in [5, 5.41) is 9.38. The summed E-state index contributed by atoms with van der Waals surface area (Å²) in [4.78, 5) is 15.6. The van der Waals surface area contributed by atoms with Crippen molar-refractivity contribution in [1.82, 2.24) is 4.98 Å². The van der Waals surface area contributed by atoms with Crippen LogP contribution in [-0.2, 0) is 4.79 Å². The molecule has 1 saturated carbocycles. The quantitative estimate of drug-likeness (QED) is 0.906. The third kappa shape index (κ3) is 3.25. The normalized spacial score (nSPS) is 26.9. The Morgan fingerprint density at radius 1 is 1.47 bits per heavy atom. The number of pyridine rings is 1. The molecule has 1 heterocycles. The van der Waals surface area contributed by atoms with Gasteiger partial charge in [0.1, 0.15) is 5.75 Å². The van der Waals surface area contributed by atoms with E-state index in [2.05, 4.69) is 11.9 Å². The lowest BCUT2D eigenvalue weighted by Crippen LogP contribution is -2.28. The minimum atomic E-state index is -0.696. The number of ether oxygens (including phenoxy) is 1. The number of rotatable bonds is 4. The molecular weight excluding hydrogens is 242 g/mol. The van der Waals surface area contributed by atoms with E-state index in [1.165, 1.54) is 0 Å². The number of carboxylic acid groups (broad SMARTS) is 1. The molecule has 3 unspecified atom stereocenters. The van der Waals surface area contributed by atoms with Crippen molar-refractivity contribution in [2.24, 2.45) is 11.8 Å². The molecule has 0 aliphatic heterocycles. The molecule has 2 rings (SSSR count). The van der Waals surface area contributed by atoms with Crippen LogP contribution in [-0.4, -0.2) is 22.7 Å². The van der Waals surface area contributed by atoms with Crippen LogP contribution in [0.15, 0.2) is 18.5 Å². The molecule has 0 amide bonds. The van der Waals surface area contributed by atoms with Gasteiger partial charge < -0.3 is 9.84 Å². The zero-order valence-electron chi connectivity index (χ0n) is 11.5. The predicted octanol–water partition coefficient (Wildman–Crippen LogP) is 3.08. The topological polar surface area (TPSA) is 59.4 Å². The summed E-state index contributed by atoms with van der Waals surface area (Å²) in [6, 6.07) is 1.94. The van der Waals surface area contributed by atoms with E-state index in [0.717, 1.165) is 30.6 Å². The van der Waals surface area contributed by atoms with Gasteiger partial charge in [-0.05, 0) is 49.7 Å². The molecule has 1 fully saturated rings. The van der Waals surface area contributed by atoms with E-state index < -0.39 is 5.97 Å². The zero-order chi connectivity index (χ0) is 13.8. The highest BCUT2D eigenvalue weighted by atomic mass is 16.5. The molecule has 1 aliphatic rings. The summed E-state index contributed by atoms with van der Waals surface area (Å²) in [6.45, 7) is 4.70. The van der Waals surface area contributed by atoms with Gasteiger partial charge in [-0.3, -0.25) is 9.78 Å². The van der Waals surface area contributed by atoms with Gasteiger partial charge in [0.15, 0.2) is 0 Å². The summed E-state index contributed by atoms with van der Waals surface area (Å²) < 4.78 is 5.45. The summed E-state index contributed by atoms with van der Waals surface area (Å²) >= 11 is 0. The number of nitrogens with zero attached hydrogens (tertiary/aromatic N) is 1. The van der Waals surface area contributed by atoms with E-state index in [-0.39, 0.29) is 11.8 Å². The molecule has 0 radical (unpaired) electrons. The molecule has 0 bridgehead atoms. The van der Waals surface area contributed by atoms with Gasteiger partial charge in [-0.1, -0.05) is 6.92 Å². The standard InChI is InChI=1S/C15H21NO3/c1-3-19-12-7-11(8-16-9-12)14-6-10(2)4-5-13(14)15(17)18/h7-10,13-14H,3-6H2,1-2H3,(H,17,18). The van der Waals surface area contributed by atoms with E-state index in [4.69, 9.17) is 4.74 Å². The van der Waals surface area contributed by atoms with Crippen molar-refractivity contribution in [3.8, 4) is 5.75 Å². The van der Waals surface area contributed by atoms with Crippen LogP contribution >= 0.6 is 0 Å². The Morgan fingerprint density at radius 3 is 2.95 bits per heavy atom. The van der Waals surface area contributed by atoms with E-state index in [0.29, 0.717) is 12.5 Å². The molecule has 19 heavy (non-hydrogen) atoms. The number of aliphatic carboxylic acids is 1. The third-order valence-electron chi connectivity index (χ3n) is 3.90.